The Bertz CT molecular complexity index is 612. The first-order chi connectivity index (χ1) is 10.5. The minimum atomic E-state index is -0.000144. The van der Waals surface area contributed by atoms with Gasteiger partial charge in [0.25, 0.3) is 0 Å². The fraction of sp³-hybridized carbons (Fsp3) is 0.500. The summed E-state index contributed by atoms with van der Waals surface area (Å²) in [5.74, 6) is 0.413. The molecule has 1 aliphatic carbocycles. The molecule has 2 amide bonds. The maximum Gasteiger partial charge on any atom is 0.226 e. The van der Waals surface area contributed by atoms with Gasteiger partial charge in [0.2, 0.25) is 11.8 Å². The molecule has 1 aliphatic heterocycles. The number of piperazine rings is 1. The minimum absolute atomic E-state index is 0.000144. The molecule has 1 heterocycles. The van der Waals surface area contributed by atoms with Gasteiger partial charge >= 0.3 is 0 Å². The van der Waals surface area contributed by atoms with E-state index in [4.69, 9.17) is 23.2 Å². The van der Waals surface area contributed by atoms with Gasteiger partial charge in [0.05, 0.1) is 10.0 Å². The SMILES string of the molecule is CC(=O)N1CCN(C(=O)C2CC2c2cccc(Cl)c2Cl)CC1. The first-order valence-electron chi connectivity index (χ1n) is 7.47. The van der Waals surface area contributed by atoms with Crippen molar-refractivity contribution in [1.82, 2.24) is 9.80 Å². The van der Waals surface area contributed by atoms with Gasteiger partial charge in [-0.1, -0.05) is 35.3 Å². The average Bonchev–Trinajstić information content (AvgIpc) is 3.30. The van der Waals surface area contributed by atoms with Crippen molar-refractivity contribution in [2.75, 3.05) is 26.2 Å². The molecule has 1 aromatic rings. The van der Waals surface area contributed by atoms with E-state index < -0.39 is 0 Å². The Morgan fingerprint density at radius 2 is 1.73 bits per heavy atom. The fourth-order valence-electron chi connectivity index (χ4n) is 3.09. The lowest BCUT2D eigenvalue weighted by molar-refractivity contribution is -0.139. The highest BCUT2D eigenvalue weighted by Gasteiger charge is 2.47. The topological polar surface area (TPSA) is 40.6 Å². The maximum absolute atomic E-state index is 12.6. The van der Waals surface area contributed by atoms with Gasteiger partial charge in [-0.2, -0.15) is 0 Å². The molecule has 0 N–H and O–H groups in total. The molecule has 2 atom stereocenters. The molecule has 0 spiro atoms. The van der Waals surface area contributed by atoms with Crippen molar-refractivity contribution >= 4 is 35.0 Å². The maximum atomic E-state index is 12.6. The lowest BCUT2D eigenvalue weighted by Gasteiger charge is -2.34. The van der Waals surface area contributed by atoms with Crippen LogP contribution >= 0.6 is 23.2 Å². The molecular formula is C16H18Cl2N2O2. The third-order valence-electron chi connectivity index (χ3n) is 4.53. The molecule has 118 valence electrons. The van der Waals surface area contributed by atoms with Crippen LogP contribution in [0.3, 0.4) is 0 Å². The van der Waals surface area contributed by atoms with Crippen molar-refractivity contribution in [2.24, 2.45) is 5.92 Å². The number of carbonyl (C=O) groups is 2. The van der Waals surface area contributed by atoms with Crippen LogP contribution in [0.15, 0.2) is 18.2 Å². The van der Waals surface area contributed by atoms with E-state index in [1.165, 1.54) is 0 Å². The predicted octanol–water partition coefficient (Wildman–Crippen LogP) is 2.79. The Hall–Kier alpha value is -1.26. The van der Waals surface area contributed by atoms with Gasteiger partial charge in [0, 0.05) is 39.0 Å². The summed E-state index contributed by atoms with van der Waals surface area (Å²) in [7, 11) is 0. The summed E-state index contributed by atoms with van der Waals surface area (Å²) in [4.78, 5) is 27.5. The van der Waals surface area contributed by atoms with Crippen LogP contribution in [0.1, 0.15) is 24.8 Å². The highest BCUT2D eigenvalue weighted by Crippen LogP contribution is 2.51. The lowest BCUT2D eigenvalue weighted by atomic mass is 10.1. The van der Waals surface area contributed by atoms with Crippen LogP contribution in [-0.2, 0) is 9.59 Å². The van der Waals surface area contributed by atoms with Gasteiger partial charge in [0.1, 0.15) is 0 Å². The summed E-state index contributed by atoms with van der Waals surface area (Å²) in [6.07, 6.45) is 0.825. The van der Waals surface area contributed by atoms with Gasteiger partial charge < -0.3 is 9.80 Å². The highest BCUT2D eigenvalue weighted by molar-refractivity contribution is 6.42. The zero-order chi connectivity index (χ0) is 15.9. The number of halogens is 2. The highest BCUT2D eigenvalue weighted by atomic mass is 35.5. The Morgan fingerprint density at radius 1 is 1.09 bits per heavy atom. The molecule has 3 rings (SSSR count). The molecule has 1 saturated carbocycles. The fourth-order valence-corrected chi connectivity index (χ4v) is 3.54. The van der Waals surface area contributed by atoms with Crippen molar-refractivity contribution in [2.45, 2.75) is 19.3 Å². The van der Waals surface area contributed by atoms with Crippen molar-refractivity contribution in [3.8, 4) is 0 Å². The van der Waals surface area contributed by atoms with Crippen LogP contribution in [0.2, 0.25) is 10.0 Å². The normalized spacial score (nSPS) is 24.3. The van der Waals surface area contributed by atoms with Crippen molar-refractivity contribution in [1.29, 1.82) is 0 Å². The van der Waals surface area contributed by atoms with E-state index in [0.717, 1.165) is 12.0 Å². The summed E-state index contributed by atoms with van der Waals surface area (Å²) >= 11 is 12.3. The monoisotopic (exact) mass is 340 g/mol. The quantitative estimate of drug-likeness (QED) is 0.830. The average molecular weight is 341 g/mol. The number of benzene rings is 1. The molecule has 0 bridgehead atoms. The molecule has 2 unspecified atom stereocenters. The minimum Gasteiger partial charge on any atom is -0.339 e. The third-order valence-corrected chi connectivity index (χ3v) is 5.36. The van der Waals surface area contributed by atoms with Crippen molar-refractivity contribution < 1.29 is 9.59 Å². The second-order valence-corrected chi connectivity index (χ2v) is 6.71. The molecule has 1 aromatic carbocycles. The largest absolute Gasteiger partial charge is 0.339 e. The molecule has 2 aliphatic rings. The van der Waals surface area contributed by atoms with Gasteiger partial charge in [0.15, 0.2) is 0 Å². The predicted molar refractivity (Wildman–Crippen MR) is 86.1 cm³/mol. The van der Waals surface area contributed by atoms with E-state index in [1.54, 1.807) is 17.9 Å². The van der Waals surface area contributed by atoms with Crippen LogP contribution < -0.4 is 0 Å². The molecule has 1 saturated heterocycles. The Balaban J connectivity index is 1.62. The van der Waals surface area contributed by atoms with E-state index in [0.29, 0.717) is 36.2 Å². The standard InChI is InChI=1S/C16H18Cl2N2O2/c1-10(21)19-5-7-20(8-6-19)16(22)13-9-12(13)11-3-2-4-14(17)15(11)18/h2-4,12-13H,5-9H2,1H3. The second-order valence-electron chi connectivity index (χ2n) is 5.92. The molecule has 22 heavy (non-hydrogen) atoms. The van der Waals surface area contributed by atoms with Crippen LogP contribution in [0.4, 0.5) is 0 Å². The number of rotatable bonds is 2. The van der Waals surface area contributed by atoms with Gasteiger partial charge in [-0.05, 0) is 24.0 Å². The van der Waals surface area contributed by atoms with E-state index in [2.05, 4.69) is 0 Å². The van der Waals surface area contributed by atoms with Crippen molar-refractivity contribution in [3.63, 3.8) is 0 Å². The molecular weight excluding hydrogens is 323 g/mol. The smallest absolute Gasteiger partial charge is 0.226 e. The summed E-state index contributed by atoms with van der Waals surface area (Å²) in [5, 5.41) is 1.10. The van der Waals surface area contributed by atoms with Gasteiger partial charge in [-0.25, -0.2) is 0 Å². The van der Waals surface area contributed by atoms with E-state index in [-0.39, 0.29) is 23.7 Å². The number of carbonyl (C=O) groups excluding carboxylic acids is 2. The summed E-state index contributed by atoms with van der Waals surface area (Å²) < 4.78 is 0. The third kappa shape index (κ3) is 2.95. The molecule has 2 fully saturated rings. The number of hydrogen-bond acceptors (Lipinski definition) is 2. The molecule has 4 nitrogen and oxygen atoms in total. The Kier molecular flexibility index (Phi) is 4.33. The summed E-state index contributed by atoms with van der Waals surface area (Å²) in [5.41, 5.74) is 0.967. The summed E-state index contributed by atoms with van der Waals surface area (Å²) in [6, 6.07) is 5.57. The van der Waals surface area contributed by atoms with E-state index in [1.807, 2.05) is 17.0 Å². The van der Waals surface area contributed by atoms with Crippen LogP contribution in [0.25, 0.3) is 0 Å². The number of nitrogens with zero attached hydrogens (tertiary/aromatic N) is 2. The zero-order valence-corrected chi connectivity index (χ0v) is 13.9. The van der Waals surface area contributed by atoms with E-state index >= 15 is 0 Å². The summed E-state index contributed by atoms with van der Waals surface area (Å²) in [6.45, 7) is 4.04. The molecule has 0 radical (unpaired) electrons. The molecule has 6 heteroatoms. The second kappa shape index (κ2) is 6.09. The van der Waals surface area contributed by atoms with Gasteiger partial charge in [-0.15, -0.1) is 0 Å². The Morgan fingerprint density at radius 3 is 2.36 bits per heavy atom. The van der Waals surface area contributed by atoms with Crippen LogP contribution in [0.5, 0.6) is 0 Å². The molecule has 0 aromatic heterocycles. The van der Waals surface area contributed by atoms with Crippen molar-refractivity contribution in [3.05, 3.63) is 33.8 Å². The van der Waals surface area contributed by atoms with Gasteiger partial charge in [-0.3, -0.25) is 9.59 Å². The Labute approximate surface area is 140 Å². The van der Waals surface area contributed by atoms with Crippen LogP contribution in [-0.4, -0.2) is 47.8 Å². The first-order valence-corrected chi connectivity index (χ1v) is 8.23. The number of hydrogen-bond donors (Lipinski definition) is 0. The zero-order valence-electron chi connectivity index (χ0n) is 12.4. The first kappa shape index (κ1) is 15.6. The lowest BCUT2D eigenvalue weighted by Crippen LogP contribution is -2.50. The van der Waals surface area contributed by atoms with E-state index in [9.17, 15) is 9.59 Å². The van der Waals surface area contributed by atoms with Crippen LogP contribution in [0, 0.1) is 5.92 Å². The number of amides is 2.